The zero-order valence-corrected chi connectivity index (χ0v) is 13.8. The summed E-state index contributed by atoms with van der Waals surface area (Å²) in [6, 6.07) is 7.79. The molecule has 1 unspecified atom stereocenters. The molecule has 2 amide bonds. The van der Waals surface area contributed by atoms with Crippen LogP contribution in [0, 0.1) is 6.92 Å². The summed E-state index contributed by atoms with van der Waals surface area (Å²) in [5, 5.41) is 4.79. The van der Waals surface area contributed by atoms with Crippen LogP contribution in [0.15, 0.2) is 24.3 Å². The number of halogens is 1. The predicted molar refractivity (Wildman–Crippen MR) is 87.2 cm³/mol. The molecular formula is C16H23ClN2O3. The van der Waals surface area contributed by atoms with Gasteiger partial charge in [-0.25, -0.2) is 0 Å². The smallest absolute Gasteiger partial charge is 0.237 e. The molecule has 0 saturated carbocycles. The van der Waals surface area contributed by atoms with Gasteiger partial charge >= 0.3 is 0 Å². The van der Waals surface area contributed by atoms with Crippen molar-refractivity contribution in [2.75, 3.05) is 19.7 Å². The minimum absolute atomic E-state index is 0.0549. The molecule has 0 heterocycles. The molecule has 0 aliphatic rings. The number of amides is 2. The SMILES string of the molecule is Cc1ccc(OCCCC(=O)NCCNC(=O)C(C)Cl)cc1. The molecule has 0 aliphatic carbocycles. The van der Waals surface area contributed by atoms with Crippen molar-refractivity contribution in [2.24, 2.45) is 0 Å². The number of benzene rings is 1. The lowest BCUT2D eigenvalue weighted by Gasteiger charge is -2.09. The monoisotopic (exact) mass is 326 g/mol. The third kappa shape index (κ3) is 7.88. The summed E-state index contributed by atoms with van der Waals surface area (Å²) >= 11 is 5.60. The van der Waals surface area contributed by atoms with Crippen molar-refractivity contribution in [2.45, 2.75) is 32.1 Å². The quantitative estimate of drug-likeness (QED) is 0.539. The second-order valence-corrected chi connectivity index (χ2v) is 5.68. The van der Waals surface area contributed by atoms with Crippen LogP contribution in [0.5, 0.6) is 5.75 Å². The maximum Gasteiger partial charge on any atom is 0.237 e. The van der Waals surface area contributed by atoms with Gasteiger partial charge in [0, 0.05) is 19.5 Å². The molecule has 122 valence electrons. The zero-order valence-electron chi connectivity index (χ0n) is 13.0. The Morgan fingerprint density at radius 3 is 2.45 bits per heavy atom. The van der Waals surface area contributed by atoms with Gasteiger partial charge in [-0.05, 0) is 32.4 Å². The summed E-state index contributed by atoms with van der Waals surface area (Å²) in [6.07, 6.45) is 1.04. The molecule has 0 radical (unpaired) electrons. The fourth-order valence-electron chi connectivity index (χ4n) is 1.67. The summed E-state index contributed by atoms with van der Waals surface area (Å²) in [5.74, 6) is 0.520. The molecule has 22 heavy (non-hydrogen) atoms. The van der Waals surface area contributed by atoms with Gasteiger partial charge in [0.2, 0.25) is 11.8 Å². The molecule has 0 aliphatic heterocycles. The topological polar surface area (TPSA) is 67.4 Å². The van der Waals surface area contributed by atoms with E-state index >= 15 is 0 Å². The van der Waals surface area contributed by atoms with E-state index in [-0.39, 0.29) is 11.8 Å². The first-order chi connectivity index (χ1) is 10.5. The van der Waals surface area contributed by atoms with Gasteiger partial charge in [0.15, 0.2) is 0 Å². The molecule has 0 fully saturated rings. The Bertz CT molecular complexity index is 475. The highest BCUT2D eigenvalue weighted by Gasteiger charge is 2.07. The highest BCUT2D eigenvalue weighted by Crippen LogP contribution is 2.11. The van der Waals surface area contributed by atoms with Gasteiger partial charge < -0.3 is 15.4 Å². The number of alkyl halides is 1. The Morgan fingerprint density at radius 2 is 1.82 bits per heavy atom. The van der Waals surface area contributed by atoms with Crippen LogP contribution < -0.4 is 15.4 Å². The third-order valence-electron chi connectivity index (χ3n) is 2.95. The largest absolute Gasteiger partial charge is 0.494 e. The van der Waals surface area contributed by atoms with E-state index in [1.54, 1.807) is 6.92 Å². The van der Waals surface area contributed by atoms with Crippen LogP contribution in [0.3, 0.4) is 0 Å². The normalized spacial score (nSPS) is 11.6. The van der Waals surface area contributed by atoms with Gasteiger partial charge in [-0.1, -0.05) is 17.7 Å². The highest BCUT2D eigenvalue weighted by molar-refractivity contribution is 6.30. The molecular weight excluding hydrogens is 304 g/mol. The number of hydrogen-bond donors (Lipinski definition) is 2. The van der Waals surface area contributed by atoms with Gasteiger partial charge in [-0.2, -0.15) is 0 Å². The summed E-state index contributed by atoms with van der Waals surface area (Å²) in [5.41, 5.74) is 1.18. The van der Waals surface area contributed by atoms with Crippen molar-refractivity contribution in [3.8, 4) is 5.75 Å². The van der Waals surface area contributed by atoms with Crippen molar-refractivity contribution >= 4 is 23.4 Å². The molecule has 0 saturated heterocycles. The predicted octanol–water partition coefficient (Wildman–Crippen LogP) is 2.01. The number of nitrogens with one attached hydrogen (secondary N) is 2. The van der Waals surface area contributed by atoms with Crippen molar-refractivity contribution in [3.05, 3.63) is 29.8 Å². The number of carbonyl (C=O) groups excluding carboxylic acids is 2. The molecule has 5 nitrogen and oxygen atoms in total. The lowest BCUT2D eigenvalue weighted by Crippen LogP contribution is -2.37. The van der Waals surface area contributed by atoms with E-state index in [0.717, 1.165) is 5.75 Å². The number of hydrogen-bond acceptors (Lipinski definition) is 3. The van der Waals surface area contributed by atoms with Gasteiger partial charge in [-0.15, -0.1) is 11.6 Å². The zero-order chi connectivity index (χ0) is 16.4. The first-order valence-electron chi connectivity index (χ1n) is 7.37. The van der Waals surface area contributed by atoms with Crippen LogP contribution in [-0.4, -0.2) is 36.9 Å². The van der Waals surface area contributed by atoms with Crippen molar-refractivity contribution in [1.82, 2.24) is 10.6 Å². The highest BCUT2D eigenvalue weighted by atomic mass is 35.5. The fraction of sp³-hybridized carbons (Fsp3) is 0.500. The molecule has 1 rings (SSSR count). The van der Waals surface area contributed by atoms with Crippen LogP contribution in [-0.2, 0) is 9.59 Å². The molecule has 0 bridgehead atoms. The standard InChI is InChI=1S/C16H23ClN2O3/c1-12-5-7-14(8-6-12)22-11-3-4-15(20)18-9-10-19-16(21)13(2)17/h5-8,13H,3-4,9-11H2,1-2H3,(H,18,20)(H,19,21). The second-order valence-electron chi connectivity index (χ2n) is 5.02. The maximum atomic E-state index is 11.6. The van der Waals surface area contributed by atoms with Gasteiger partial charge in [-0.3, -0.25) is 9.59 Å². The van der Waals surface area contributed by atoms with Gasteiger partial charge in [0.1, 0.15) is 11.1 Å². The van der Waals surface area contributed by atoms with E-state index in [0.29, 0.717) is 32.5 Å². The lowest BCUT2D eigenvalue weighted by molar-refractivity contribution is -0.122. The molecule has 1 aromatic carbocycles. The first-order valence-corrected chi connectivity index (χ1v) is 7.80. The van der Waals surface area contributed by atoms with Crippen LogP contribution in [0.4, 0.5) is 0 Å². The average Bonchev–Trinajstić information content (AvgIpc) is 2.49. The Kier molecular flexibility index (Phi) is 8.36. The lowest BCUT2D eigenvalue weighted by atomic mass is 10.2. The number of rotatable bonds is 9. The van der Waals surface area contributed by atoms with E-state index in [2.05, 4.69) is 10.6 Å². The summed E-state index contributed by atoms with van der Waals surface area (Å²) in [7, 11) is 0. The van der Waals surface area contributed by atoms with E-state index in [1.807, 2.05) is 31.2 Å². The van der Waals surface area contributed by atoms with E-state index in [4.69, 9.17) is 16.3 Å². The Balaban J connectivity index is 2.04. The minimum atomic E-state index is -0.561. The summed E-state index contributed by atoms with van der Waals surface area (Å²) in [4.78, 5) is 22.8. The molecule has 0 spiro atoms. The number of carbonyl (C=O) groups is 2. The second kappa shape index (κ2) is 10.1. The average molecular weight is 327 g/mol. The molecule has 1 atom stereocenters. The Morgan fingerprint density at radius 1 is 1.18 bits per heavy atom. The van der Waals surface area contributed by atoms with E-state index in [1.165, 1.54) is 5.56 Å². The minimum Gasteiger partial charge on any atom is -0.494 e. The number of ether oxygens (including phenoxy) is 1. The van der Waals surface area contributed by atoms with Crippen molar-refractivity contribution in [1.29, 1.82) is 0 Å². The van der Waals surface area contributed by atoms with Crippen LogP contribution in [0.25, 0.3) is 0 Å². The van der Waals surface area contributed by atoms with Crippen LogP contribution in [0.1, 0.15) is 25.3 Å². The Hall–Kier alpha value is -1.75. The first kappa shape index (κ1) is 18.3. The molecule has 2 N–H and O–H groups in total. The van der Waals surface area contributed by atoms with Crippen molar-refractivity contribution < 1.29 is 14.3 Å². The summed E-state index contributed by atoms with van der Waals surface area (Å²) < 4.78 is 5.54. The number of aryl methyl sites for hydroxylation is 1. The summed E-state index contributed by atoms with van der Waals surface area (Å²) in [6.45, 7) is 4.89. The fourth-order valence-corrected chi connectivity index (χ4v) is 1.75. The van der Waals surface area contributed by atoms with Gasteiger partial charge in [0.05, 0.1) is 6.61 Å². The van der Waals surface area contributed by atoms with Gasteiger partial charge in [0.25, 0.3) is 0 Å². The van der Waals surface area contributed by atoms with E-state index in [9.17, 15) is 9.59 Å². The molecule has 1 aromatic rings. The Labute approximate surface area is 136 Å². The molecule has 0 aromatic heterocycles. The van der Waals surface area contributed by atoms with Crippen molar-refractivity contribution in [3.63, 3.8) is 0 Å². The van der Waals surface area contributed by atoms with Crippen LogP contribution >= 0.6 is 11.6 Å². The van der Waals surface area contributed by atoms with E-state index < -0.39 is 5.38 Å². The molecule has 6 heteroatoms. The third-order valence-corrected chi connectivity index (χ3v) is 3.14. The van der Waals surface area contributed by atoms with Crippen LogP contribution in [0.2, 0.25) is 0 Å². The maximum absolute atomic E-state index is 11.6.